The number of allylic oxidation sites excluding steroid dienone is 1. The van der Waals surface area contributed by atoms with Crippen LogP contribution in [-0.4, -0.2) is 51.6 Å². The maximum absolute atomic E-state index is 10.4. The number of phenols is 1. The molecule has 8 nitrogen and oxygen atoms in total. The van der Waals surface area contributed by atoms with Crippen LogP contribution in [0, 0.1) is 6.92 Å². The summed E-state index contributed by atoms with van der Waals surface area (Å²) in [5.41, 5.74) is 4.53. The van der Waals surface area contributed by atoms with E-state index in [0.717, 1.165) is 47.4 Å². The molecule has 2 aliphatic heterocycles. The number of aromatic nitrogens is 2. The molecule has 0 spiro atoms. The lowest BCUT2D eigenvalue weighted by molar-refractivity contribution is 0.0962. The number of rotatable bonds is 6. The molecule has 0 bridgehead atoms. The molecule has 182 valence electrons. The molecule has 9 heteroatoms. The zero-order valence-corrected chi connectivity index (χ0v) is 20.8. The van der Waals surface area contributed by atoms with Gasteiger partial charge in [-0.25, -0.2) is 0 Å². The van der Waals surface area contributed by atoms with E-state index in [1.165, 1.54) is 7.11 Å². The van der Waals surface area contributed by atoms with Crippen molar-refractivity contribution in [2.75, 3.05) is 20.3 Å². The molecule has 1 saturated heterocycles. The molecular weight excluding hydrogens is 464 g/mol. The Kier molecular flexibility index (Phi) is 6.44. The van der Waals surface area contributed by atoms with E-state index >= 15 is 0 Å². The standard InChI is InChI=1S/C26H28N4O4S/c1-15-6-8-17(9-7-15)24-28-25(34-29-24)22-16(2)30(14-19-5-4-12-33-19)26(35)27-23(22)18-10-11-21(32-3)20(31)13-18/h6-11,13,19,23,31H,4-5,12,14H2,1-3H3,(H,27,35). The average Bonchev–Trinajstić information content (AvgIpc) is 3.54. The number of aryl methyl sites for hydroxylation is 1. The highest BCUT2D eigenvalue weighted by molar-refractivity contribution is 7.80. The van der Waals surface area contributed by atoms with Crippen molar-refractivity contribution in [3.63, 3.8) is 0 Å². The zero-order chi connectivity index (χ0) is 24.5. The molecule has 35 heavy (non-hydrogen) atoms. The van der Waals surface area contributed by atoms with E-state index in [2.05, 4.69) is 10.5 Å². The normalized spacial score (nSPS) is 20.3. The van der Waals surface area contributed by atoms with Gasteiger partial charge in [0.25, 0.3) is 5.89 Å². The third kappa shape index (κ3) is 4.61. The molecule has 2 atom stereocenters. The van der Waals surface area contributed by atoms with Gasteiger partial charge < -0.3 is 29.3 Å². The van der Waals surface area contributed by atoms with Gasteiger partial charge in [0.15, 0.2) is 16.6 Å². The van der Waals surface area contributed by atoms with Crippen LogP contribution in [0.15, 0.2) is 52.7 Å². The summed E-state index contributed by atoms with van der Waals surface area (Å²) in [6.07, 6.45) is 2.15. The molecule has 2 unspecified atom stereocenters. The molecule has 2 aromatic carbocycles. The lowest BCUT2D eigenvalue weighted by Gasteiger charge is -2.38. The molecule has 0 aliphatic carbocycles. The largest absolute Gasteiger partial charge is 0.504 e. The van der Waals surface area contributed by atoms with E-state index in [1.54, 1.807) is 12.1 Å². The number of hydrogen-bond donors (Lipinski definition) is 2. The Morgan fingerprint density at radius 1 is 1.20 bits per heavy atom. The van der Waals surface area contributed by atoms with Crippen LogP contribution in [0.4, 0.5) is 0 Å². The van der Waals surface area contributed by atoms with Crippen molar-refractivity contribution in [1.82, 2.24) is 20.4 Å². The van der Waals surface area contributed by atoms with Crippen LogP contribution in [0.25, 0.3) is 17.0 Å². The van der Waals surface area contributed by atoms with Gasteiger partial charge in [-0.1, -0.05) is 41.1 Å². The van der Waals surface area contributed by atoms with Crippen molar-refractivity contribution < 1.29 is 19.1 Å². The first-order chi connectivity index (χ1) is 16.9. The van der Waals surface area contributed by atoms with Gasteiger partial charge in [0.1, 0.15) is 0 Å². The number of phenolic OH excluding ortho intramolecular Hbond substituents is 1. The van der Waals surface area contributed by atoms with Crippen LogP contribution < -0.4 is 10.1 Å². The van der Waals surface area contributed by atoms with E-state index in [9.17, 15) is 5.11 Å². The summed E-state index contributed by atoms with van der Waals surface area (Å²) < 4.78 is 16.9. The highest BCUT2D eigenvalue weighted by Gasteiger charge is 2.35. The van der Waals surface area contributed by atoms with Crippen molar-refractivity contribution in [3.8, 4) is 22.9 Å². The van der Waals surface area contributed by atoms with Crippen LogP contribution in [0.1, 0.15) is 42.8 Å². The van der Waals surface area contributed by atoms with Crippen molar-refractivity contribution >= 4 is 22.9 Å². The first kappa shape index (κ1) is 23.3. The van der Waals surface area contributed by atoms with Crippen molar-refractivity contribution in [2.24, 2.45) is 0 Å². The third-order valence-corrected chi connectivity index (χ3v) is 6.85. The fourth-order valence-electron chi connectivity index (χ4n) is 4.56. The fourth-order valence-corrected chi connectivity index (χ4v) is 4.89. The van der Waals surface area contributed by atoms with Gasteiger partial charge in [-0.2, -0.15) is 4.98 Å². The van der Waals surface area contributed by atoms with Crippen molar-refractivity contribution in [3.05, 3.63) is 65.2 Å². The Hall–Kier alpha value is -3.43. The Bertz CT molecular complexity index is 1260. The van der Waals surface area contributed by atoms with Crippen LogP contribution in [0.2, 0.25) is 0 Å². The predicted octanol–water partition coefficient (Wildman–Crippen LogP) is 4.60. The van der Waals surface area contributed by atoms with E-state index < -0.39 is 6.04 Å². The predicted molar refractivity (Wildman–Crippen MR) is 136 cm³/mol. The van der Waals surface area contributed by atoms with Gasteiger partial charge in [0.05, 0.1) is 31.4 Å². The monoisotopic (exact) mass is 492 g/mol. The van der Waals surface area contributed by atoms with Crippen LogP contribution in [-0.2, 0) is 4.74 Å². The second-order valence-electron chi connectivity index (χ2n) is 8.85. The maximum atomic E-state index is 10.4. The number of aromatic hydroxyl groups is 1. The highest BCUT2D eigenvalue weighted by Crippen LogP contribution is 2.40. The van der Waals surface area contributed by atoms with Crippen LogP contribution in [0.5, 0.6) is 11.5 Å². The summed E-state index contributed by atoms with van der Waals surface area (Å²) in [4.78, 5) is 6.78. The first-order valence-electron chi connectivity index (χ1n) is 11.6. The van der Waals surface area contributed by atoms with Crippen molar-refractivity contribution in [1.29, 1.82) is 0 Å². The number of hydrogen-bond acceptors (Lipinski definition) is 7. The Balaban J connectivity index is 1.57. The molecule has 1 fully saturated rings. The molecule has 0 radical (unpaired) electrons. The summed E-state index contributed by atoms with van der Waals surface area (Å²) in [5, 5.41) is 18.7. The number of ether oxygens (including phenoxy) is 2. The Morgan fingerprint density at radius 3 is 2.69 bits per heavy atom. The molecule has 2 N–H and O–H groups in total. The van der Waals surface area contributed by atoms with Gasteiger partial charge in [-0.3, -0.25) is 0 Å². The Morgan fingerprint density at radius 2 is 2.00 bits per heavy atom. The topological polar surface area (TPSA) is 92.9 Å². The first-order valence-corrected chi connectivity index (χ1v) is 12.0. The van der Waals surface area contributed by atoms with E-state index in [0.29, 0.717) is 29.1 Å². The summed E-state index contributed by atoms with van der Waals surface area (Å²) in [7, 11) is 1.52. The highest BCUT2D eigenvalue weighted by atomic mass is 32.1. The molecule has 0 saturated carbocycles. The van der Waals surface area contributed by atoms with Gasteiger partial charge in [-0.05, 0) is 56.6 Å². The SMILES string of the molecule is COc1ccc(C2NC(=S)N(CC3CCCO3)C(C)=C2c2nc(-c3ccc(C)cc3)no2)cc1O. The molecule has 5 rings (SSSR count). The van der Waals surface area contributed by atoms with Crippen LogP contribution in [0.3, 0.4) is 0 Å². The number of nitrogens with zero attached hydrogens (tertiary/aromatic N) is 3. The molecule has 0 amide bonds. The summed E-state index contributed by atoms with van der Waals surface area (Å²) in [6, 6.07) is 12.9. The van der Waals surface area contributed by atoms with Crippen molar-refractivity contribution in [2.45, 2.75) is 38.8 Å². The summed E-state index contributed by atoms with van der Waals surface area (Å²) >= 11 is 5.77. The summed E-state index contributed by atoms with van der Waals surface area (Å²) in [5.74, 6) is 1.34. The minimum Gasteiger partial charge on any atom is -0.504 e. The number of thiocarbonyl (C=S) groups is 1. The average molecular weight is 493 g/mol. The minimum atomic E-state index is -0.397. The molecular formula is C26H28N4O4S. The quantitative estimate of drug-likeness (QED) is 0.479. The second-order valence-corrected chi connectivity index (χ2v) is 9.23. The lowest BCUT2D eigenvalue weighted by atomic mass is 9.94. The molecule has 3 aromatic rings. The molecule has 2 aliphatic rings. The number of methoxy groups -OCH3 is 1. The van der Waals surface area contributed by atoms with E-state index in [-0.39, 0.29) is 11.9 Å². The zero-order valence-electron chi connectivity index (χ0n) is 19.9. The summed E-state index contributed by atoms with van der Waals surface area (Å²) in [6.45, 7) is 5.45. The maximum Gasteiger partial charge on any atom is 0.258 e. The third-order valence-electron chi connectivity index (χ3n) is 6.51. The van der Waals surface area contributed by atoms with E-state index in [4.69, 9.17) is 31.2 Å². The Labute approximate surface area is 209 Å². The number of benzene rings is 2. The molecule has 1 aromatic heterocycles. The van der Waals surface area contributed by atoms with Gasteiger partial charge in [-0.15, -0.1) is 0 Å². The smallest absolute Gasteiger partial charge is 0.258 e. The van der Waals surface area contributed by atoms with Gasteiger partial charge >= 0.3 is 0 Å². The fraction of sp³-hybridized carbons (Fsp3) is 0.346. The second kappa shape index (κ2) is 9.67. The minimum absolute atomic E-state index is 0.0439. The molecule has 3 heterocycles. The van der Waals surface area contributed by atoms with Gasteiger partial charge in [0.2, 0.25) is 5.82 Å². The van der Waals surface area contributed by atoms with Crippen LogP contribution >= 0.6 is 12.2 Å². The lowest BCUT2D eigenvalue weighted by Crippen LogP contribution is -2.48. The van der Waals surface area contributed by atoms with E-state index in [1.807, 2.05) is 49.1 Å². The van der Waals surface area contributed by atoms with Gasteiger partial charge in [0, 0.05) is 17.9 Å². The number of nitrogens with one attached hydrogen (secondary N) is 1.